The van der Waals surface area contributed by atoms with Crippen LogP contribution in [0.4, 0.5) is 0 Å². The summed E-state index contributed by atoms with van der Waals surface area (Å²) >= 11 is 12.0. The second kappa shape index (κ2) is 3.08. The van der Waals surface area contributed by atoms with Crippen molar-refractivity contribution in [1.29, 1.82) is 0 Å². The third-order valence-corrected chi connectivity index (χ3v) is 2.80. The lowest BCUT2D eigenvalue weighted by Crippen LogP contribution is -1.90. The fraction of sp³-hybridized carbons (Fsp3) is 0. The Balaban J connectivity index is 2.63. The summed E-state index contributed by atoms with van der Waals surface area (Å²) in [6.07, 6.45) is 3.35. The molecule has 1 aromatic carbocycles. The monoisotopic (exact) mass is 237 g/mol. The first-order valence-electron chi connectivity index (χ1n) is 4.32. The molecule has 0 amide bonds. The second-order valence-corrected chi connectivity index (χ2v) is 3.98. The van der Waals surface area contributed by atoms with E-state index in [1.165, 1.54) is 0 Å². The van der Waals surface area contributed by atoms with Crippen molar-refractivity contribution < 1.29 is 0 Å². The van der Waals surface area contributed by atoms with E-state index in [-0.39, 0.29) is 0 Å². The maximum absolute atomic E-state index is 6.05. The molecule has 0 saturated heterocycles. The molecule has 2 aromatic heterocycles. The molecule has 0 saturated carbocycles. The predicted octanol–water partition coefficient (Wildman–Crippen LogP) is 3.19. The van der Waals surface area contributed by atoms with Crippen molar-refractivity contribution >= 4 is 39.8 Å². The van der Waals surface area contributed by atoms with Gasteiger partial charge in [0.05, 0.1) is 11.7 Å². The Kier molecular flexibility index (Phi) is 1.84. The molecule has 0 aliphatic rings. The van der Waals surface area contributed by atoms with Gasteiger partial charge in [-0.25, -0.2) is 9.97 Å². The van der Waals surface area contributed by atoms with Gasteiger partial charge in [0.25, 0.3) is 0 Å². The topological polar surface area (TPSA) is 30.2 Å². The highest BCUT2D eigenvalue weighted by Crippen LogP contribution is 2.25. The minimum absolute atomic E-state index is 0.467. The molecule has 5 heteroatoms. The molecule has 0 radical (unpaired) electrons. The van der Waals surface area contributed by atoms with E-state index in [9.17, 15) is 0 Å². The highest BCUT2D eigenvalue weighted by molar-refractivity contribution is 6.35. The van der Waals surface area contributed by atoms with Gasteiger partial charge in [-0.3, -0.25) is 4.40 Å². The van der Waals surface area contributed by atoms with Crippen molar-refractivity contribution in [1.82, 2.24) is 14.4 Å². The molecule has 0 N–H and O–H groups in total. The van der Waals surface area contributed by atoms with Crippen LogP contribution in [0.5, 0.6) is 0 Å². The second-order valence-electron chi connectivity index (χ2n) is 3.19. The molecule has 0 fully saturated rings. The Morgan fingerprint density at radius 1 is 1.20 bits per heavy atom. The first-order valence-corrected chi connectivity index (χ1v) is 5.08. The summed E-state index contributed by atoms with van der Waals surface area (Å²) in [5, 5.41) is 2.00. The van der Waals surface area contributed by atoms with Crippen molar-refractivity contribution in [2.24, 2.45) is 0 Å². The largest absolute Gasteiger partial charge is 0.283 e. The SMILES string of the molecule is Clc1ccc2c(Cl)nc3cncn3c2c1. The smallest absolute Gasteiger partial charge is 0.158 e. The van der Waals surface area contributed by atoms with Gasteiger partial charge in [0.2, 0.25) is 0 Å². The Morgan fingerprint density at radius 2 is 2.07 bits per heavy atom. The minimum Gasteiger partial charge on any atom is -0.283 e. The number of imidazole rings is 1. The Morgan fingerprint density at radius 3 is 2.93 bits per heavy atom. The van der Waals surface area contributed by atoms with Gasteiger partial charge >= 0.3 is 0 Å². The Bertz CT molecular complexity index is 660. The van der Waals surface area contributed by atoms with E-state index < -0.39 is 0 Å². The standard InChI is InChI=1S/C10H5Cl2N3/c11-6-1-2-7-8(3-6)15-5-13-4-9(15)14-10(7)12/h1-5H. The molecule has 0 bridgehead atoms. The van der Waals surface area contributed by atoms with E-state index >= 15 is 0 Å². The van der Waals surface area contributed by atoms with Crippen LogP contribution in [0.15, 0.2) is 30.7 Å². The summed E-state index contributed by atoms with van der Waals surface area (Å²) in [6, 6.07) is 5.49. The van der Waals surface area contributed by atoms with Crippen molar-refractivity contribution in [3.05, 3.63) is 40.9 Å². The maximum Gasteiger partial charge on any atom is 0.158 e. The van der Waals surface area contributed by atoms with Gasteiger partial charge in [0.15, 0.2) is 5.65 Å². The van der Waals surface area contributed by atoms with Gasteiger partial charge in [-0.1, -0.05) is 23.2 Å². The van der Waals surface area contributed by atoms with E-state index in [0.717, 1.165) is 16.6 Å². The normalized spacial score (nSPS) is 11.3. The maximum atomic E-state index is 6.05. The van der Waals surface area contributed by atoms with E-state index in [4.69, 9.17) is 23.2 Å². The molecule has 3 nitrogen and oxygen atoms in total. The number of hydrogen-bond donors (Lipinski definition) is 0. The third kappa shape index (κ3) is 1.28. The van der Waals surface area contributed by atoms with E-state index in [1.54, 1.807) is 18.6 Å². The van der Waals surface area contributed by atoms with Gasteiger partial charge < -0.3 is 0 Å². The van der Waals surface area contributed by atoms with Crippen LogP contribution in [0.2, 0.25) is 10.2 Å². The molecule has 2 heterocycles. The molecule has 3 rings (SSSR count). The minimum atomic E-state index is 0.467. The lowest BCUT2D eigenvalue weighted by atomic mass is 10.2. The lowest BCUT2D eigenvalue weighted by Gasteiger charge is -2.03. The van der Waals surface area contributed by atoms with Crippen LogP contribution < -0.4 is 0 Å². The van der Waals surface area contributed by atoms with Gasteiger partial charge in [0.1, 0.15) is 11.5 Å². The summed E-state index contributed by atoms with van der Waals surface area (Å²) in [7, 11) is 0. The summed E-state index contributed by atoms with van der Waals surface area (Å²) in [5.41, 5.74) is 1.63. The first-order chi connectivity index (χ1) is 7.25. The van der Waals surface area contributed by atoms with Crippen LogP contribution in [0.1, 0.15) is 0 Å². The van der Waals surface area contributed by atoms with Crippen molar-refractivity contribution in [3.8, 4) is 0 Å². The number of fused-ring (bicyclic) bond motifs is 3. The number of benzene rings is 1. The average Bonchev–Trinajstić information content (AvgIpc) is 2.65. The summed E-state index contributed by atoms with van der Waals surface area (Å²) in [5.74, 6) is 0. The highest BCUT2D eigenvalue weighted by Gasteiger charge is 2.06. The third-order valence-electron chi connectivity index (χ3n) is 2.27. The zero-order chi connectivity index (χ0) is 10.4. The van der Waals surface area contributed by atoms with E-state index in [2.05, 4.69) is 9.97 Å². The molecule has 0 aliphatic carbocycles. The summed E-state index contributed by atoms with van der Waals surface area (Å²) in [6.45, 7) is 0. The highest BCUT2D eigenvalue weighted by atomic mass is 35.5. The van der Waals surface area contributed by atoms with Crippen LogP contribution in [0, 0.1) is 0 Å². The predicted molar refractivity (Wildman–Crippen MR) is 60.5 cm³/mol. The fourth-order valence-electron chi connectivity index (χ4n) is 1.60. The Hall–Kier alpha value is -1.32. The van der Waals surface area contributed by atoms with Gasteiger partial charge in [-0.2, -0.15) is 0 Å². The van der Waals surface area contributed by atoms with Crippen molar-refractivity contribution in [3.63, 3.8) is 0 Å². The molecule has 74 valence electrons. The molecular formula is C10H5Cl2N3. The van der Waals surface area contributed by atoms with Crippen LogP contribution in [0.25, 0.3) is 16.6 Å². The van der Waals surface area contributed by atoms with Crippen LogP contribution >= 0.6 is 23.2 Å². The van der Waals surface area contributed by atoms with Crippen LogP contribution in [-0.4, -0.2) is 14.4 Å². The molecule has 0 spiro atoms. The molecule has 3 aromatic rings. The van der Waals surface area contributed by atoms with Crippen LogP contribution in [-0.2, 0) is 0 Å². The first kappa shape index (κ1) is 8.95. The Labute approximate surface area is 95.3 Å². The number of nitrogens with zero attached hydrogens (tertiary/aromatic N) is 3. The number of halogens is 2. The zero-order valence-electron chi connectivity index (χ0n) is 7.48. The zero-order valence-corrected chi connectivity index (χ0v) is 9.00. The molecule has 0 atom stereocenters. The number of rotatable bonds is 0. The quantitative estimate of drug-likeness (QED) is 0.563. The van der Waals surface area contributed by atoms with E-state index in [0.29, 0.717) is 10.2 Å². The summed E-state index contributed by atoms with van der Waals surface area (Å²) in [4.78, 5) is 8.24. The number of hydrogen-bond acceptors (Lipinski definition) is 2. The fourth-order valence-corrected chi connectivity index (χ4v) is 2.01. The van der Waals surface area contributed by atoms with Crippen LogP contribution in [0.3, 0.4) is 0 Å². The molecule has 0 aliphatic heterocycles. The molecule has 15 heavy (non-hydrogen) atoms. The molecule has 0 unspecified atom stereocenters. The molecular weight excluding hydrogens is 233 g/mol. The van der Waals surface area contributed by atoms with E-state index in [1.807, 2.05) is 16.5 Å². The van der Waals surface area contributed by atoms with Crippen molar-refractivity contribution in [2.75, 3.05) is 0 Å². The lowest BCUT2D eigenvalue weighted by molar-refractivity contribution is 1.17. The van der Waals surface area contributed by atoms with Gasteiger partial charge in [-0.15, -0.1) is 0 Å². The van der Waals surface area contributed by atoms with Gasteiger partial charge in [-0.05, 0) is 18.2 Å². The van der Waals surface area contributed by atoms with Crippen molar-refractivity contribution in [2.45, 2.75) is 0 Å². The summed E-state index contributed by atoms with van der Waals surface area (Å²) < 4.78 is 1.85. The average molecular weight is 238 g/mol. The number of aromatic nitrogens is 3. The van der Waals surface area contributed by atoms with Gasteiger partial charge in [0, 0.05) is 10.4 Å².